The second-order valence-electron chi connectivity index (χ2n) is 4.69. The fourth-order valence-corrected chi connectivity index (χ4v) is 2.42. The van der Waals surface area contributed by atoms with Gasteiger partial charge in [-0.15, -0.1) is 0 Å². The number of nitrogens with zero attached hydrogens (tertiary/aromatic N) is 3. The van der Waals surface area contributed by atoms with E-state index in [4.69, 9.17) is 17.3 Å². The van der Waals surface area contributed by atoms with Crippen LogP contribution in [0.5, 0.6) is 0 Å². The van der Waals surface area contributed by atoms with E-state index >= 15 is 0 Å². The highest BCUT2D eigenvalue weighted by Gasteiger charge is 2.15. The molecule has 2 rings (SSSR count). The summed E-state index contributed by atoms with van der Waals surface area (Å²) in [4.78, 5) is 4.01. The Balaban J connectivity index is 2.09. The molecule has 0 aliphatic heterocycles. The lowest BCUT2D eigenvalue weighted by atomic mass is 10.0. The van der Waals surface area contributed by atoms with E-state index in [2.05, 4.69) is 17.0 Å². The smallest absolute Gasteiger partial charge is 0.0847 e. The van der Waals surface area contributed by atoms with Gasteiger partial charge in [-0.3, -0.25) is 9.67 Å². The van der Waals surface area contributed by atoms with Crippen LogP contribution in [0.1, 0.15) is 23.9 Å². The van der Waals surface area contributed by atoms with E-state index in [1.54, 1.807) is 12.4 Å². The van der Waals surface area contributed by atoms with Crippen molar-refractivity contribution in [2.75, 3.05) is 0 Å². The van der Waals surface area contributed by atoms with Crippen LogP contribution in [0.4, 0.5) is 0 Å². The number of hydrogen-bond donors (Lipinski definition) is 1. The van der Waals surface area contributed by atoms with Crippen molar-refractivity contribution in [2.24, 2.45) is 5.73 Å². The van der Waals surface area contributed by atoms with Gasteiger partial charge < -0.3 is 5.73 Å². The zero-order valence-corrected chi connectivity index (χ0v) is 12.1. The summed E-state index contributed by atoms with van der Waals surface area (Å²) in [5, 5.41) is 5.15. The Bertz CT molecular complexity index is 536. The van der Waals surface area contributed by atoms with Gasteiger partial charge in [0, 0.05) is 31.4 Å². The van der Waals surface area contributed by atoms with E-state index in [0.717, 1.165) is 35.8 Å². The van der Waals surface area contributed by atoms with Crippen molar-refractivity contribution in [3.63, 3.8) is 0 Å². The van der Waals surface area contributed by atoms with E-state index in [1.807, 2.05) is 23.7 Å². The highest BCUT2D eigenvalue weighted by atomic mass is 35.5. The third kappa shape index (κ3) is 3.33. The summed E-state index contributed by atoms with van der Waals surface area (Å²) in [5.74, 6) is 0. The van der Waals surface area contributed by atoms with Crippen LogP contribution in [0, 0.1) is 6.92 Å². The molecule has 0 aromatic carbocycles. The third-order valence-electron chi connectivity index (χ3n) is 3.16. The minimum atomic E-state index is 0.0290. The van der Waals surface area contributed by atoms with Gasteiger partial charge in [0.15, 0.2) is 0 Å². The number of aromatic nitrogens is 3. The molecule has 0 saturated heterocycles. The highest BCUT2D eigenvalue weighted by Crippen LogP contribution is 2.21. The third-order valence-corrected chi connectivity index (χ3v) is 3.65. The Hall–Kier alpha value is -1.39. The average molecular weight is 279 g/mol. The lowest BCUT2D eigenvalue weighted by molar-refractivity contribution is 0.574. The quantitative estimate of drug-likeness (QED) is 0.913. The van der Waals surface area contributed by atoms with E-state index in [1.165, 1.54) is 5.56 Å². The predicted octanol–water partition coefficient (Wildman–Crippen LogP) is 2.37. The summed E-state index contributed by atoms with van der Waals surface area (Å²) in [5.41, 5.74) is 9.31. The molecule has 19 heavy (non-hydrogen) atoms. The van der Waals surface area contributed by atoms with Crippen LogP contribution in [0.25, 0.3) is 0 Å². The normalized spacial score (nSPS) is 12.6. The molecule has 1 unspecified atom stereocenters. The van der Waals surface area contributed by atoms with Crippen LogP contribution in [-0.2, 0) is 19.4 Å². The Morgan fingerprint density at radius 1 is 1.32 bits per heavy atom. The molecule has 2 aromatic heterocycles. The summed E-state index contributed by atoms with van der Waals surface area (Å²) >= 11 is 6.29. The van der Waals surface area contributed by atoms with Crippen LogP contribution < -0.4 is 5.73 Å². The zero-order valence-electron chi connectivity index (χ0n) is 11.3. The number of nitrogens with two attached hydrogens (primary N) is 1. The average Bonchev–Trinajstić information content (AvgIpc) is 2.67. The first-order valence-corrected chi connectivity index (χ1v) is 6.85. The number of halogens is 1. The fourth-order valence-electron chi connectivity index (χ4n) is 2.21. The molecule has 0 bridgehead atoms. The molecule has 0 aliphatic rings. The molecular weight excluding hydrogens is 260 g/mol. The molecule has 2 aromatic rings. The summed E-state index contributed by atoms with van der Waals surface area (Å²) in [6.07, 6.45) is 5.12. The maximum Gasteiger partial charge on any atom is 0.0847 e. The second kappa shape index (κ2) is 6.17. The number of hydrogen-bond acceptors (Lipinski definition) is 3. The lowest BCUT2D eigenvalue weighted by Crippen LogP contribution is -2.27. The Labute approximate surface area is 118 Å². The molecule has 0 saturated carbocycles. The van der Waals surface area contributed by atoms with E-state index in [0.29, 0.717) is 0 Å². The van der Waals surface area contributed by atoms with Gasteiger partial charge >= 0.3 is 0 Å². The SMILES string of the molecule is CCn1nc(C)c(Cl)c1CC(N)Cc1ccncc1. The van der Waals surface area contributed by atoms with Crippen molar-refractivity contribution in [3.8, 4) is 0 Å². The first-order chi connectivity index (χ1) is 9.11. The van der Waals surface area contributed by atoms with Gasteiger partial charge in [0.05, 0.1) is 16.4 Å². The molecule has 4 nitrogen and oxygen atoms in total. The zero-order chi connectivity index (χ0) is 13.8. The van der Waals surface area contributed by atoms with E-state index in [-0.39, 0.29) is 6.04 Å². The van der Waals surface area contributed by atoms with Crippen molar-refractivity contribution in [3.05, 3.63) is 46.5 Å². The van der Waals surface area contributed by atoms with Crippen LogP contribution in [0.2, 0.25) is 5.02 Å². The van der Waals surface area contributed by atoms with Gasteiger partial charge in [0.1, 0.15) is 0 Å². The largest absolute Gasteiger partial charge is 0.327 e. The van der Waals surface area contributed by atoms with Crippen LogP contribution in [0.3, 0.4) is 0 Å². The Kier molecular flexibility index (Phi) is 4.56. The molecule has 0 spiro atoms. The summed E-state index contributed by atoms with van der Waals surface area (Å²) in [7, 11) is 0. The minimum absolute atomic E-state index is 0.0290. The number of aryl methyl sites for hydroxylation is 2. The van der Waals surface area contributed by atoms with Crippen molar-refractivity contribution in [1.82, 2.24) is 14.8 Å². The molecule has 0 amide bonds. The minimum Gasteiger partial charge on any atom is -0.327 e. The molecule has 2 N–H and O–H groups in total. The molecule has 0 aliphatic carbocycles. The molecule has 5 heteroatoms. The molecule has 2 heterocycles. The number of pyridine rings is 1. The van der Waals surface area contributed by atoms with Crippen molar-refractivity contribution in [2.45, 2.75) is 39.3 Å². The monoisotopic (exact) mass is 278 g/mol. The first-order valence-electron chi connectivity index (χ1n) is 6.48. The van der Waals surface area contributed by atoms with E-state index in [9.17, 15) is 0 Å². The van der Waals surface area contributed by atoms with Crippen LogP contribution in [0.15, 0.2) is 24.5 Å². The molecule has 1 atom stereocenters. The topological polar surface area (TPSA) is 56.7 Å². The molecule has 102 valence electrons. The van der Waals surface area contributed by atoms with Gasteiger partial charge in [0.2, 0.25) is 0 Å². The van der Waals surface area contributed by atoms with Crippen molar-refractivity contribution < 1.29 is 0 Å². The van der Waals surface area contributed by atoms with Crippen LogP contribution in [-0.4, -0.2) is 20.8 Å². The van der Waals surface area contributed by atoms with Crippen molar-refractivity contribution in [1.29, 1.82) is 0 Å². The molecular formula is C14H19ClN4. The highest BCUT2D eigenvalue weighted by molar-refractivity contribution is 6.31. The second-order valence-corrected chi connectivity index (χ2v) is 5.06. The maximum atomic E-state index is 6.29. The molecule has 0 fully saturated rings. The summed E-state index contributed by atoms with van der Waals surface area (Å²) < 4.78 is 1.93. The van der Waals surface area contributed by atoms with Gasteiger partial charge in [-0.25, -0.2) is 0 Å². The van der Waals surface area contributed by atoms with Gasteiger partial charge in [-0.1, -0.05) is 11.6 Å². The lowest BCUT2D eigenvalue weighted by Gasteiger charge is -2.13. The van der Waals surface area contributed by atoms with Gasteiger partial charge in [0.25, 0.3) is 0 Å². The summed E-state index contributed by atoms with van der Waals surface area (Å²) in [6, 6.07) is 4.01. The van der Waals surface area contributed by atoms with E-state index < -0.39 is 0 Å². The van der Waals surface area contributed by atoms with Gasteiger partial charge in [-0.2, -0.15) is 5.10 Å². The Morgan fingerprint density at radius 3 is 2.63 bits per heavy atom. The van der Waals surface area contributed by atoms with Crippen LogP contribution >= 0.6 is 11.6 Å². The molecule has 0 radical (unpaired) electrons. The summed E-state index contributed by atoms with van der Waals surface area (Å²) in [6.45, 7) is 4.79. The fraction of sp³-hybridized carbons (Fsp3) is 0.429. The standard InChI is InChI=1S/C14H19ClN4/c1-3-19-13(14(15)10(2)18-19)9-12(16)8-11-4-6-17-7-5-11/h4-7,12H,3,8-9,16H2,1-2H3. The maximum absolute atomic E-state index is 6.29. The van der Waals surface area contributed by atoms with Gasteiger partial charge in [-0.05, 0) is 38.0 Å². The van der Waals surface area contributed by atoms with Crippen molar-refractivity contribution >= 4 is 11.6 Å². The predicted molar refractivity (Wildman–Crippen MR) is 77.3 cm³/mol. The Morgan fingerprint density at radius 2 is 2.00 bits per heavy atom. The first kappa shape index (κ1) is 14.0. The number of rotatable bonds is 5.